The summed E-state index contributed by atoms with van der Waals surface area (Å²) in [5, 5.41) is 21.1. The summed E-state index contributed by atoms with van der Waals surface area (Å²) in [7, 11) is 0. The Labute approximate surface area is 155 Å². The highest BCUT2D eigenvalue weighted by Gasteiger charge is 2.24. The maximum Gasteiger partial charge on any atom is 0.326 e. The van der Waals surface area contributed by atoms with Crippen molar-refractivity contribution in [3.63, 3.8) is 0 Å². The van der Waals surface area contributed by atoms with E-state index in [0.29, 0.717) is 11.3 Å². The minimum absolute atomic E-state index is 0.0969. The third kappa shape index (κ3) is 7.99. The Morgan fingerprint density at radius 1 is 1.15 bits per heavy atom. The summed E-state index contributed by atoms with van der Waals surface area (Å²) in [5.74, 6) is -3.32. The van der Waals surface area contributed by atoms with Gasteiger partial charge in [-0.2, -0.15) is 0 Å². The molecule has 6 N–H and O–H groups in total. The zero-order chi connectivity index (χ0) is 20.4. The van der Waals surface area contributed by atoms with E-state index in [2.05, 4.69) is 15.4 Å². The van der Waals surface area contributed by atoms with E-state index in [1.165, 1.54) is 0 Å². The number of ether oxygens (including phenoxy) is 1. The van der Waals surface area contributed by atoms with Gasteiger partial charge >= 0.3 is 11.9 Å². The number of carboxylic acids is 1. The molecule has 1 aromatic rings. The quantitative estimate of drug-likeness (QED) is 0.220. The van der Waals surface area contributed by atoms with Crippen molar-refractivity contribution in [2.75, 3.05) is 11.9 Å². The molecular formula is C17H22N4O6. The van der Waals surface area contributed by atoms with Crippen molar-refractivity contribution in [1.82, 2.24) is 5.32 Å². The van der Waals surface area contributed by atoms with Crippen LogP contribution in [0.25, 0.3) is 0 Å². The smallest absolute Gasteiger partial charge is 0.326 e. The molecule has 0 aliphatic carbocycles. The largest absolute Gasteiger partial charge is 0.480 e. The second-order valence-electron chi connectivity index (χ2n) is 5.51. The van der Waals surface area contributed by atoms with Gasteiger partial charge in [0, 0.05) is 24.1 Å². The van der Waals surface area contributed by atoms with E-state index < -0.39 is 36.2 Å². The van der Waals surface area contributed by atoms with Crippen LogP contribution in [0.3, 0.4) is 0 Å². The maximum atomic E-state index is 11.9. The number of hydrogen-bond acceptors (Lipinski definition) is 6. The summed E-state index contributed by atoms with van der Waals surface area (Å²) in [5.41, 5.74) is 6.31. The average Bonchev–Trinajstić information content (AvgIpc) is 2.60. The molecule has 2 amide bonds. The van der Waals surface area contributed by atoms with Crippen LogP contribution in [0.1, 0.15) is 31.7 Å². The number of carbonyl (C=O) groups excluding carboxylic acids is 3. The lowest BCUT2D eigenvalue weighted by molar-refractivity contribution is -0.150. The first-order valence-electron chi connectivity index (χ1n) is 8.15. The highest BCUT2D eigenvalue weighted by atomic mass is 16.5. The number of carbonyl (C=O) groups is 4. The van der Waals surface area contributed by atoms with Gasteiger partial charge in [-0.25, -0.2) is 4.79 Å². The first kappa shape index (κ1) is 21.6. The van der Waals surface area contributed by atoms with Crippen LogP contribution in [0.5, 0.6) is 0 Å². The monoisotopic (exact) mass is 378 g/mol. The summed E-state index contributed by atoms with van der Waals surface area (Å²) < 4.78 is 4.65. The van der Waals surface area contributed by atoms with Gasteiger partial charge in [0.2, 0.25) is 11.8 Å². The molecule has 27 heavy (non-hydrogen) atoms. The van der Waals surface area contributed by atoms with Gasteiger partial charge in [-0.15, -0.1) is 0 Å². The van der Waals surface area contributed by atoms with Crippen molar-refractivity contribution >= 4 is 35.3 Å². The summed E-state index contributed by atoms with van der Waals surface area (Å²) >= 11 is 0. The number of amides is 2. The number of esters is 1. The predicted molar refractivity (Wildman–Crippen MR) is 96.1 cm³/mol. The van der Waals surface area contributed by atoms with Gasteiger partial charge in [0.1, 0.15) is 11.9 Å². The fourth-order valence-corrected chi connectivity index (χ4v) is 2.04. The number of nitrogens with two attached hydrogens (primary N) is 1. The molecule has 1 rings (SSSR count). The Bertz CT molecular complexity index is 717. The van der Waals surface area contributed by atoms with Crippen LogP contribution in [0.2, 0.25) is 0 Å². The topological polar surface area (TPSA) is 172 Å². The summed E-state index contributed by atoms with van der Waals surface area (Å²) in [6.45, 7) is 1.69. The lowest BCUT2D eigenvalue weighted by Gasteiger charge is -2.13. The number of carboxylic acid groups (broad SMARTS) is 1. The molecule has 0 aromatic heterocycles. The zero-order valence-electron chi connectivity index (χ0n) is 14.8. The van der Waals surface area contributed by atoms with E-state index in [1.54, 1.807) is 31.2 Å². The van der Waals surface area contributed by atoms with Gasteiger partial charge < -0.3 is 26.2 Å². The van der Waals surface area contributed by atoms with E-state index in [0.717, 1.165) is 0 Å². The van der Waals surface area contributed by atoms with Gasteiger partial charge in [0.25, 0.3) is 0 Å². The number of anilines is 1. The lowest BCUT2D eigenvalue weighted by Crippen LogP contribution is -2.42. The molecule has 0 saturated carbocycles. The molecule has 146 valence electrons. The Morgan fingerprint density at radius 2 is 1.74 bits per heavy atom. The molecule has 0 fully saturated rings. The van der Waals surface area contributed by atoms with Crippen molar-refractivity contribution in [3.05, 3.63) is 29.8 Å². The zero-order valence-corrected chi connectivity index (χ0v) is 14.8. The molecule has 1 atom stereocenters. The van der Waals surface area contributed by atoms with Crippen LogP contribution in [-0.4, -0.2) is 47.3 Å². The molecule has 0 radical (unpaired) electrons. The molecular weight excluding hydrogens is 356 g/mol. The number of hydrogen-bond donors (Lipinski definition) is 5. The molecule has 0 bridgehead atoms. The van der Waals surface area contributed by atoms with Crippen molar-refractivity contribution in [2.24, 2.45) is 5.73 Å². The predicted octanol–water partition coefficient (Wildman–Crippen LogP) is 0.212. The van der Waals surface area contributed by atoms with Crippen LogP contribution in [0.4, 0.5) is 5.69 Å². The number of nitrogen functional groups attached to an aromatic ring is 1. The first-order chi connectivity index (χ1) is 12.7. The first-order valence-corrected chi connectivity index (χ1v) is 8.15. The molecule has 0 heterocycles. The molecule has 1 aromatic carbocycles. The number of aliphatic carboxylic acids is 1. The summed E-state index contributed by atoms with van der Waals surface area (Å²) in [6, 6.07) is 4.84. The fourth-order valence-electron chi connectivity index (χ4n) is 2.04. The van der Waals surface area contributed by atoms with Gasteiger partial charge in [0.15, 0.2) is 0 Å². The molecule has 0 aliphatic heterocycles. The van der Waals surface area contributed by atoms with E-state index in [9.17, 15) is 19.2 Å². The summed E-state index contributed by atoms with van der Waals surface area (Å²) in [6.07, 6.45) is -0.917. The SMILES string of the molecule is CCOC(=O)C[C@H](NC(=O)CCC(=O)Nc1ccc(C(=N)N)cc1)C(=O)O. The standard InChI is InChI=1S/C17H22N4O6/c1-2-27-15(24)9-12(17(25)26)21-14(23)8-7-13(22)20-11-5-3-10(4-6-11)16(18)19/h3-6,12H,2,7-9H2,1H3,(H3,18,19)(H,20,22)(H,21,23)(H,25,26)/t12-/m0/s1. The van der Waals surface area contributed by atoms with Crippen LogP contribution in [0.15, 0.2) is 24.3 Å². The van der Waals surface area contributed by atoms with E-state index >= 15 is 0 Å². The molecule has 0 unspecified atom stereocenters. The van der Waals surface area contributed by atoms with E-state index in [4.69, 9.17) is 16.2 Å². The normalized spacial score (nSPS) is 11.1. The Kier molecular flexibility index (Phi) is 8.43. The number of amidine groups is 1. The van der Waals surface area contributed by atoms with Crippen LogP contribution in [-0.2, 0) is 23.9 Å². The van der Waals surface area contributed by atoms with Gasteiger partial charge in [-0.05, 0) is 31.2 Å². The average molecular weight is 378 g/mol. The maximum absolute atomic E-state index is 11.9. The van der Waals surface area contributed by atoms with Crippen LogP contribution >= 0.6 is 0 Å². The number of rotatable bonds is 10. The van der Waals surface area contributed by atoms with E-state index in [1.807, 2.05) is 0 Å². The molecule has 10 nitrogen and oxygen atoms in total. The van der Waals surface area contributed by atoms with Crippen molar-refractivity contribution < 1.29 is 29.0 Å². The van der Waals surface area contributed by atoms with Crippen molar-refractivity contribution in [2.45, 2.75) is 32.2 Å². The summed E-state index contributed by atoms with van der Waals surface area (Å²) in [4.78, 5) is 46.2. The lowest BCUT2D eigenvalue weighted by atomic mass is 10.1. The highest BCUT2D eigenvalue weighted by molar-refractivity contribution is 5.97. The minimum atomic E-state index is -1.42. The van der Waals surface area contributed by atoms with Crippen LogP contribution in [0, 0.1) is 5.41 Å². The fraction of sp³-hybridized carbons (Fsp3) is 0.353. The third-order valence-electron chi connectivity index (χ3n) is 3.37. The molecule has 10 heteroatoms. The van der Waals surface area contributed by atoms with Gasteiger partial charge in [-0.3, -0.25) is 19.8 Å². The van der Waals surface area contributed by atoms with Gasteiger partial charge in [-0.1, -0.05) is 0 Å². The Hall–Kier alpha value is -3.43. The van der Waals surface area contributed by atoms with Crippen molar-refractivity contribution in [3.8, 4) is 0 Å². The van der Waals surface area contributed by atoms with Gasteiger partial charge in [0.05, 0.1) is 13.0 Å². The number of nitrogens with one attached hydrogen (secondary N) is 3. The second kappa shape index (κ2) is 10.5. The molecule has 0 aliphatic rings. The third-order valence-corrected chi connectivity index (χ3v) is 3.37. The Morgan fingerprint density at radius 3 is 2.26 bits per heavy atom. The van der Waals surface area contributed by atoms with Crippen LogP contribution < -0.4 is 16.4 Å². The second-order valence-corrected chi connectivity index (χ2v) is 5.51. The molecule has 0 spiro atoms. The van der Waals surface area contributed by atoms with E-state index in [-0.39, 0.29) is 25.3 Å². The molecule has 0 saturated heterocycles. The highest BCUT2D eigenvalue weighted by Crippen LogP contribution is 2.10. The van der Waals surface area contributed by atoms with Crippen molar-refractivity contribution in [1.29, 1.82) is 5.41 Å². The number of benzene rings is 1. The minimum Gasteiger partial charge on any atom is -0.480 e. The Balaban J connectivity index is 2.47.